The van der Waals surface area contributed by atoms with Gasteiger partial charge in [0.1, 0.15) is 6.07 Å². The fraction of sp³-hybridized carbons (Fsp3) is 0.227. The Bertz CT molecular complexity index is 1060. The molecule has 2 heterocycles. The Balaban J connectivity index is 1.90. The van der Waals surface area contributed by atoms with Crippen LogP contribution in [0, 0.1) is 16.7 Å². The van der Waals surface area contributed by atoms with Crippen LogP contribution in [0.2, 0.25) is 0 Å². The first-order chi connectivity index (χ1) is 13.0. The fourth-order valence-electron chi connectivity index (χ4n) is 3.74. The number of carbonyl (C=O) groups excluding carboxylic acids is 1. The van der Waals surface area contributed by atoms with Crippen LogP contribution in [0.15, 0.2) is 48.8 Å². The van der Waals surface area contributed by atoms with Gasteiger partial charge in [0.05, 0.1) is 28.2 Å². The lowest BCUT2D eigenvalue weighted by molar-refractivity contribution is 0.0912. The normalized spacial score (nSPS) is 15.1. The number of fused-ring (bicyclic) bond motifs is 1. The quantitative estimate of drug-likeness (QED) is 0.703. The third-order valence-electron chi connectivity index (χ3n) is 4.93. The first-order valence-electron chi connectivity index (χ1n) is 8.93. The second-order valence-corrected chi connectivity index (χ2v) is 7.69. The van der Waals surface area contributed by atoms with Gasteiger partial charge >= 0.3 is 0 Å². The summed E-state index contributed by atoms with van der Waals surface area (Å²) in [5, 5.41) is 12.8. The van der Waals surface area contributed by atoms with E-state index in [2.05, 4.69) is 35.2 Å². The van der Waals surface area contributed by atoms with Gasteiger partial charge in [-0.1, -0.05) is 26.0 Å². The van der Waals surface area contributed by atoms with Crippen molar-refractivity contribution in [1.82, 2.24) is 9.97 Å². The third-order valence-corrected chi connectivity index (χ3v) is 4.93. The highest BCUT2D eigenvalue weighted by Crippen LogP contribution is 2.43. The predicted octanol–water partition coefficient (Wildman–Crippen LogP) is 4.85. The number of aromatic amines is 1. The lowest BCUT2D eigenvalue weighted by Crippen LogP contribution is -2.26. The number of anilines is 2. The summed E-state index contributed by atoms with van der Waals surface area (Å²) >= 11 is 0. The molecule has 1 aliphatic rings. The average molecular weight is 356 g/mol. The zero-order valence-corrected chi connectivity index (χ0v) is 15.3. The van der Waals surface area contributed by atoms with Crippen LogP contribution in [-0.2, 0) is 6.42 Å². The molecule has 2 aromatic heterocycles. The zero-order valence-electron chi connectivity index (χ0n) is 15.3. The Labute approximate surface area is 158 Å². The van der Waals surface area contributed by atoms with Gasteiger partial charge in [0.2, 0.25) is 0 Å². The summed E-state index contributed by atoms with van der Waals surface area (Å²) in [5.41, 5.74) is 5.33. The van der Waals surface area contributed by atoms with Crippen molar-refractivity contribution in [3.05, 3.63) is 65.6 Å². The van der Waals surface area contributed by atoms with Gasteiger partial charge in [-0.15, -0.1) is 0 Å². The van der Waals surface area contributed by atoms with Gasteiger partial charge in [0.25, 0.3) is 0 Å². The number of Topliss-reactive ketones (excluding diaryl/α,β-unsaturated/α-hetero) is 1. The van der Waals surface area contributed by atoms with Gasteiger partial charge in [0, 0.05) is 30.1 Å². The zero-order chi connectivity index (χ0) is 19.0. The Morgan fingerprint density at radius 3 is 2.63 bits per heavy atom. The Kier molecular flexibility index (Phi) is 4.04. The predicted molar refractivity (Wildman–Crippen MR) is 105 cm³/mol. The summed E-state index contributed by atoms with van der Waals surface area (Å²) < 4.78 is 0. The molecule has 0 unspecified atom stereocenters. The molecule has 27 heavy (non-hydrogen) atoms. The van der Waals surface area contributed by atoms with Crippen LogP contribution in [0.4, 0.5) is 11.4 Å². The molecule has 2 N–H and O–H groups in total. The molecule has 5 heteroatoms. The van der Waals surface area contributed by atoms with E-state index in [9.17, 15) is 10.1 Å². The summed E-state index contributed by atoms with van der Waals surface area (Å²) in [6.45, 7) is 4.22. The van der Waals surface area contributed by atoms with Crippen LogP contribution in [0.1, 0.15) is 41.9 Å². The van der Waals surface area contributed by atoms with Gasteiger partial charge in [-0.05, 0) is 36.1 Å². The van der Waals surface area contributed by atoms with Crippen molar-refractivity contribution in [2.45, 2.75) is 26.7 Å². The summed E-state index contributed by atoms with van der Waals surface area (Å²) in [6.07, 6.45) is 4.76. The van der Waals surface area contributed by atoms with Crippen molar-refractivity contribution < 1.29 is 4.79 Å². The van der Waals surface area contributed by atoms with E-state index in [0.717, 1.165) is 29.1 Å². The van der Waals surface area contributed by atoms with E-state index in [4.69, 9.17) is 0 Å². The van der Waals surface area contributed by atoms with Crippen molar-refractivity contribution in [2.75, 3.05) is 5.32 Å². The van der Waals surface area contributed by atoms with E-state index in [-0.39, 0.29) is 11.2 Å². The van der Waals surface area contributed by atoms with Crippen LogP contribution < -0.4 is 5.32 Å². The molecule has 0 radical (unpaired) electrons. The Morgan fingerprint density at radius 2 is 1.89 bits per heavy atom. The molecule has 0 atom stereocenters. The molecule has 1 aliphatic carbocycles. The fourth-order valence-corrected chi connectivity index (χ4v) is 3.74. The molecular weight excluding hydrogens is 336 g/mol. The second kappa shape index (κ2) is 6.40. The maximum absolute atomic E-state index is 13.0. The summed E-state index contributed by atoms with van der Waals surface area (Å²) in [6, 6.07) is 13.3. The SMILES string of the molecule is CC1(C)CC(=O)c2c([nH]c(-c3ccncc3)c2Nc2ccccc2C#N)C1. The number of benzene rings is 1. The number of nitrogens with zero attached hydrogens (tertiary/aromatic N) is 2. The summed E-state index contributed by atoms with van der Waals surface area (Å²) in [7, 11) is 0. The Morgan fingerprint density at radius 1 is 1.15 bits per heavy atom. The van der Waals surface area contributed by atoms with Gasteiger partial charge in [0.15, 0.2) is 5.78 Å². The molecule has 3 aromatic rings. The van der Waals surface area contributed by atoms with Gasteiger partial charge in [-0.3, -0.25) is 9.78 Å². The molecule has 0 amide bonds. The van der Waals surface area contributed by atoms with E-state index in [1.807, 2.05) is 30.3 Å². The molecule has 0 saturated heterocycles. The van der Waals surface area contributed by atoms with Crippen LogP contribution >= 0.6 is 0 Å². The first-order valence-corrected chi connectivity index (χ1v) is 8.93. The number of hydrogen-bond donors (Lipinski definition) is 2. The minimum absolute atomic E-state index is 0.0771. The molecule has 134 valence electrons. The van der Waals surface area contributed by atoms with E-state index >= 15 is 0 Å². The molecule has 1 aromatic carbocycles. The van der Waals surface area contributed by atoms with E-state index < -0.39 is 0 Å². The van der Waals surface area contributed by atoms with Gasteiger partial charge in [-0.2, -0.15) is 5.26 Å². The van der Waals surface area contributed by atoms with Crippen molar-refractivity contribution in [3.8, 4) is 17.3 Å². The van der Waals surface area contributed by atoms with Crippen molar-refractivity contribution in [1.29, 1.82) is 5.26 Å². The van der Waals surface area contributed by atoms with Crippen molar-refractivity contribution in [2.24, 2.45) is 5.41 Å². The van der Waals surface area contributed by atoms with E-state index in [1.54, 1.807) is 18.5 Å². The maximum atomic E-state index is 13.0. The molecule has 0 saturated carbocycles. The first kappa shape index (κ1) is 17.0. The van der Waals surface area contributed by atoms with Gasteiger partial charge in [-0.25, -0.2) is 0 Å². The number of aromatic nitrogens is 2. The topological polar surface area (TPSA) is 81.6 Å². The molecule has 5 nitrogen and oxygen atoms in total. The molecule has 0 fully saturated rings. The smallest absolute Gasteiger partial charge is 0.167 e. The molecule has 4 rings (SSSR count). The van der Waals surface area contributed by atoms with Crippen LogP contribution in [0.3, 0.4) is 0 Å². The lowest BCUT2D eigenvalue weighted by atomic mass is 9.76. The third kappa shape index (κ3) is 3.11. The monoisotopic (exact) mass is 356 g/mol. The number of pyridine rings is 1. The minimum Gasteiger partial charge on any atom is -0.356 e. The largest absolute Gasteiger partial charge is 0.356 e. The highest BCUT2D eigenvalue weighted by molar-refractivity contribution is 6.07. The van der Waals surface area contributed by atoms with Crippen molar-refractivity contribution in [3.63, 3.8) is 0 Å². The lowest BCUT2D eigenvalue weighted by Gasteiger charge is -2.28. The molecule has 0 bridgehead atoms. The average Bonchev–Trinajstić information content (AvgIpc) is 3.00. The molecule has 0 spiro atoms. The minimum atomic E-state index is -0.0771. The number of rotatable bonds is 3. The van der Waals surface area contributed by atoms with Crippen LogP contribution in [0.5, 0.6) is 0 Å². The van der Waals surface area contributed by atoms with E-state index in [0.29, 0.717) is 23.2 Å². The van der Waals surface area contributed by atoms with Gasteiger partial charge < -0.3 is 10.3 Å². The summed E-state index contributed by atoms with van der Waals surface area (Å²) in [4.78, 5) is 20.5. The van der Waals surface area contributed by atoms with Crippen LogP contribution in [0.25, 0.3) is 11.3 Å². The molecule has 0 aliphatic heterocycles. The number of nitrogens with one attached hydrogen (secondary N) is 2. The standard InChI is InChI=1S/C22H20N4O/c1-22(2)11-17-19(18(27)12-22)21(20(26-17)14-7-9-24-10-8-14)25-16-6-4-3-5-15(16)13-23/h3-10,25-26H,11-12H2,1-2H3. The molecular formula is C22H20N4O. The number of para-hydroxylation sites is 1. The summed E-state index contributed by atoms with van der Waals surface area (Å²) in [5.74, 6) is 0.120. The van der Waals surface area contributed by atoms with Crippen LogP contribution in [-0.4, -0.2) is 15.8 Å². The highest BCUT2D eigenvalue weighted by Gasteiger charge is 2.35. The van der Waals surface area contributed by atoms with Crippen molar-refractivity contribution >= 4 is 17.2 Å². The van der Waals surface area contributed by atoms with E-state index in [1.165, 1.54) is 0 Å². The number of carbonyl (C=O) groups is 1. The second-order valence-electron chi connectivity index (χ2n) is 7.69. The highest BCUT2D eigenvalue weighted by atomic mass is 16.1. The number of nitriles is 1. The number of ketones is 1. The Hall–Kier alpha value is -3.39. The number of H-pyrrole nitrogens is 1. The number of hydrogen-bond acceptors (Lipinski definition) is 4. The maximum Gasteiger partial charge on any atom is 0.167 e.